The van der Waals surface area contributed by atoms with Crippen LogP contribution in [-0.2, 0) is 6.42 Å². The average Bonchev–Trinajstić information content (AvgIpc) is 2.67. The fraction of sp³-hybridized carbons (Fsp3) is 0.143. The third-order valence-electron chi connectivity index (χ3n) is 3.26. The van der Waals surface area contributed by atoms with Gasteiger partial charge in [0.1, 0.15) is 0 Å². The van der Waals surface area contributed by atoms with Crippen molar-refractivity contribution in [3.05, 3.63) is 51.1 Å². The van der Waals surface area contributed by atoms with Crippen molar-refractivity contribution in [1.29, 1.82) is 0 Å². The maximum Gasteiger partial charge on any atom is 0.337 e. The summed E-state index contributed by atoms with van der Waals surface area (Å²) >= 11 is 3.53. The van der Waals surface area contributed by atoms with Gasteiger partial charge in [-0.1, -0.05) is 28.1 Å². The highest BCUT2D eigenvalue weighted by Crippen LogP contribution is 2.39. The molecule has 1 heterocycles. The Morgan fingerprint density at radius 1 is 1.44 bits per heavy atom. The summed E-state index contributed by atoms with van der Waals surface area (Å²) in [6.07, 6.45) is 0.736. The highest BCUT2D eigenvalue weighted by atomic mass is 79.9. The van der Waals surface area contributed by atoms with Gasteiger partial charge in [-0.15, -0.1) is 0 Å². The summed E-state index contributed by atoms with van der Waals surface area (Å²) in [6, 6.07) is 7.74. The van der Waals surface area contributed by atoms with Gasteiger partial charge in [0.2, 0.25) is 0 Å². The van der Waals surface area contributed by atoms with Crippen LogP contribution < -0.4 is 0 Å². The Balaban J connectivity index is 2.25. The lowest BCUT2D eigenvalue weighted by Gasteiger charge is -2.05. The van der Waals surface area contributed by atoms with Crippen molar-refractivity contribution in [3.63, 3.8) is 0 Å². The molecule has 90 valence electrons. The van der Waals surface area contributed by atoms with Crippen LogP contribution in [-0.4, -0.2) is 16.1 Å². The molecule has 2 aromatic rings. The Kier molecular flexibility index (Phi) is 2.48. The lowest BCUT2D eigenvalue weighted by Crippen LogP contribution is -2.03. The number of aromatic nitrogens is 1. The molecule has 1 N–H and O–H groups in total. The van der Waals surface area contributed by atoms with E-state index >= 15 is 0 Å². The highest BCUT2D eigenvalue weighted by Gasteiger charge is 2.24. The van der Waals surface area contributed by atoms with Crippen LogP contribution in [0.1, 0.15) is 27.2 Å². The van der Waals surface area contributed by atoms with Crippen LogP contribution >= 0.6 is 15.9 Å². The number of benzene rings is 1. The van der Waals surface area contributed by atoms with Crippen LogP contribution in [0.25, 0.3) is 11.3 Å². The minimum atomic E-state index is -0.919. The molecular weight excluding hydrogens is 294 g/mol. The number of fused-ring (bicyclic) bond motifs is 3. The summed E-state index contributed by atoms with van der Waals surface area (Å²) < 4.78 is 1.05. The molecule has 4 heteroatoms. The molecule has 0 unspecified atom stereocenters. The third-order valence-corrected chi connectivity index (χ3v) is 4.01. The number of nitrogens with zero attached hydrogens (tertiary/aromatic N) is 1. The molecule has 0 spiro atoms. The summed E-state index contributed by atoms with van der Waals surface area (Å²) in [6.45, 7) is 1.74. The van der Waals surface area contributed by atoms with E-state index < -0.39 is 5.97 Å². The number of halogens is 1. The van der Waals surface area contributed by atoms with Crippen molar-refractivity contribution >= 4 is 21.9 Å². The molecule has 0 fully saturated rings. The predicted molar refractivity (Wildman–Crippen MR) is 71.9 cm³/mol. The van der Waals surface area contributed by atoms with Crippen molar-refractivity contribution in [2.24, 2.45) is 0 Å². The molecule has 0 bridgehead atoms. The number of carboxylic acids is 1. The predicted octanol–water partition coefficient (Wildman–Crippen LogP) is 3.42. The molecule has 0 radical (unpaired) electrons. The van der Waals surface area contributed by atoms with Gasteiger partial charge in [-0.05, 0) is 30.2 Å². The maximum absolute atomic E-state index is 11.1. The van der Waals surface area contributed by atoms with Gasteiger partial charge in [-0.2, -0.15) is 0 Å². The number of hydrogen-bond donors (Lipinski definition) is 1. The Morgan fingerprint density at radius 3 is 2.94 bits per heavy atom. The monoisotopic (exact) mass is 303 g/mol. The number of carbonyl (C=O) groups is 1. The van der Waals surface area contributed by atoms with Crippen LogP contribution in [0.5, 0.6) is 0 Å². The van der Waals surface area contributed by atoms with E-state index in [4.69, 9.17) is 5.11 Å². The molecule has 3 nitrogen and oxygen atoms in total. The summed E-state index contributed by atoms with van der Waals surface area (Å²) in [7, 11) is 0. The van der Waals surface area contributed by atoms with Crippen molar-refractivity contribution < 1.29 is 9.90 Å². The number of carboxylic acid groups (broad SMARTS) is 1. The van der Waals surface area contributed by atoms with Gasteiger partial charge in [-0.25, -0.2) is 4.79 Å². The Bertz CT molecular complexity index is 680. The van der Waals surface area contributed by atoms with Crippen molar-refractivity contribution in [2.75, 3.05) is 0 Å². The van der Waals surface area contributed by atoms with Crippen molar-refractivity contribution in [1.82, 2.24) is 4.98 Å². The van der Waals surface area contributed by atoms with Gasteiger partial charge in [0.05, 0.1) is 17.0 Å². The molecule has 1 aromatic heterocycles. The lowest BCUT2D eigenvalue weighted by molar-refractivity contribution is 0.0695. The number of hydrogen-bond acceptors (Lipinski definition) is 2. The molecule has 0 amide bonds. The van der Waals surface area contributed by atoms with Crippen LogP contribution in [0.3, 0.4) is 0 Å². The van der Waals surface area contributed by atoms with E-state index in [2.05, 4.69) is 20.9 Å². The Labute approximate surface area is 113 Å². The smallest absolute Gasteiger partial charge is 0.337 e. The minimum Gasteiger partial charge on any atom is -0.478 e. The van der Waals surface area contributed by atoms with Gasteiger partial charge in [-0.3, -0.25) is 4.98 Å². The SMILES string of the molecule is Cc1nc2c(cc1C(=O)O)Cc1c(Br)cccc1-2. The van der Waals surface area contributed by atoms with Crippen molar-refractivity contribution in [3.8, 4) is 11.3 Å². The van der Waals surface area contributed by atoms with Crippen molar-refractivity contribution in [2.45, 2.75) is 13.3 Å². The van der Waals surface area contributed by atoms with Crippen LogP contribution in [0.4, 0.5) is 0 Å². The molecular formula is C14H10BrNO2. The fourth-order valence-corrected chi connectivity index (χ4v) is 2.89. The molecule has 0 atom stereocenters. The second-order valence-electron chi connectivity index (χ2n) is 4.38. The normalized spacial score (nSPS) is 12.1. The standard InChI is InChI=1S/C14H10BrNO2/c1-7-10(14(17)18)5-8-6-11-9(13(8)16-7)3-2-4-12(11)15/h2-5H,6H2,1H3,(H,17,18). The molecule has 18 heavy (non-hydrogen) atoms. The number of aryl methyl sites for hydroxylation is 1. The fourth-order valence-electron chi connectivity index (χ4n) is 2.38. The van der Waals surface area contributed by atoms with Crippen LogP contribution in [0, 0.1) is 6.92 Å². The molecule has 1 aliphatic rings. The van der Waals surface area contributed by atoms with Crippen LogP contribution in [0.2, 0.25) is 0 Å². The molecule has 0 aliphatic heterocycles. The molecule has 0 saturated carbocycles. The third kappa shape index (κ3) is 1.56. The minimum absolute atomic E-state index is 0.290. The van der Waals surface area contributed by atoms with Gasteiger partial charge >= 0.3 is 5.97 Å². The van der Waals surface area contributed by atoms with E-state index in [-0.39, 0.29) is 5.56 Å². The van der Waals surface area contributed by atoms with Gasteiger partial charge < -0.3 is 5.11 Å². The molecule has 1 aromatic carbocycles. The summed E-state index contributed by atoms with van der Waals surface area (Å²) in [4.78, 5) is 15.6. The number of rotatable bonds is 1. The van der Waals surface area contributed by atoms with E-state index in [1.54, 1.807) is 13.0 Å². The summed E-state index contributed by atoms with van der Waals surface area (Å²) in [5.74, 6) is -0.919. The first kappa shape index (κ1) is 11.4. The Hall–Kier alpha value is -1.68. The molecule has 0 saturated heterocycles. The van der Waals surface area contributed by atoms with E-state index in [0.717, 1.165) is 27.7 Å². The topological polar surface area (TPSA) is 50.2 Å². The second-order valence-corrected chi connectivity index (χ2v) is 5.23. The lowest BCUT2D eigenvalue weighted by atomic mass is 10.1. The quantitative estimate of drug-likeness (QED) is 0.749. The highest BCUT2D eigenvalue weighted by molar-refractivity contribution is 9.10. The van der Waals surface area contributed by atoms with E-state index in [1.807, 2.05) is 18.2 Å². The maximum atomic E-state index is 11.1. The zero-order chi connectivity index (χ0) is 12.9. The van der Waals surface area contributed by atoms with E-state index in [0.29, 0.717) is 5.69 Å². The average molecular weight is 304 g/mol. The molecule has 1 aliphatic carbocycles. The van der Waals surface area contributed by atoms with E-state index in [9.17, 15) is 4.79 Å². The summed E-state index contributed by atoms with van der Waals surface area (Å²) in [5, 5.41) is 9.12. The van der Waals surface area contributed by atoms with Gasteiger partial charge in [0.25, 0.3) is 0 Å². The largest absolute Gasteiger partial charge is 0.478 e. The van der Waals surface area contributed by atoms with Crippen LogP contribution in [0.15, 0.2) is 28.7 Å². The zero-order valence-electron chi connectivity index (χ0n) is 9.70. The zero-order valence-corrected chi connectivity index (χ0v) is 11.3. The Morgan fingerprint density at radius 2 is 2.22 bits per heavy atom. The van der Waals surface area contributed by atoms with E-state index in [1.165, 1.54) is 5.56 Å². The number of pyridine rings is 1. The molecule has 3 rings (SSSR count). The second kappa shape index (κ2) is 3.92. The first-order chi connectivity index (χ1) is 8.58. The van der Waals surface area contributed by atoms with Gasteiger partial charge in [0, 0.05) is 16.5 Å². The number of aromatic carboxylic acids is 1. The first-order valence-corrected chi connectivity index (χ1v) is 6.39. The van der Waals surface area contributed by atoms with Gasteiger partial charge in [0.15, 0.2) is 0 Å². The first-order valence-electron chi connectivity index (χ1n) is 5.59. The summed E-state index contributed by atoms with van der Waals surface area (Å²) in [5.41, 5.74) is 5.03.